The number of hydrogen-bond donors (Lipinski definition) is 2. The van der Waals surface area contributed by atoms with E-state index in [0.717, 1.165) is 11.5 Å². The molecule has 8 nitrogen and oxygen atoms in total. The number of rotatable bonds is 5. The molecule has 0 fully saturated rings. The highest BCUT2D eigenvalue weighted by molar-refractivity contribution is 7.10. The Bertz CT molecular complexity index is 1200. The zero-order valence-corrected chi connectivity index (χ0v) is 16.2. The highest BCUT2D eigenvalue weighted by atomic mass is 32.1. The number of pyridine rings is 1. The molecule has 3 aromatic heterocycles. The molecule has 0 atom stereocenters. The molecule has 0 unspecified atom stereocenters. The Labute approximate surface area is 169 Å². The molecule has 0 saturated carbocycles. The lowest BCUT2D eigenvalue weighted by molar-refractivity contribution is 0.102. The molecule has 2 N–H and O–H groups in total. The number of anilines is 3. The number of benzene rings is 1. The number of hydrogen-bond acceptors (Lipinski definition) is 8. The summed E-state index contributed by atoms with van der Waals surface area (Å²) >= 11 is 1.13. The Morgan fingerprint density at radius 3 is 2.76 bits per heavy atom. The van der Waals surface area contributed by atoms with Crippen molar-refractivity contribution in [3.63, 3.8) is 0 Å². The maximum Gasteiger partial charge on any atom is 0.260 e. The van der Waals surface area contributed by atoms with E-state index in [1.165, 1.54) is 31.6 Å². The van der Waals surface area contributed by atoms with Crippen molar-refractivity contribution >= 4 is 45.0 Å². The summed E-state index contributed by atoms with van der Waals surface area (Å²) in [5.74, 6) is 0.0910. The third-order valence-corrected chi connectivity index (χ3v) is 4.89. The molecule has 0 aliphatic heterocycles. The third-order valence-electron chi connectivity index (χ3n) is 4.04. The van der Waals surface area contributed by atoms with Gasteiger partial charge in [0.25, 0.3) is 5.91 Å². The topological polar surface area (TPSA) is 102 Å². The maximum absolute atomic E-state index is 13.5. The zero-order chi connectivity index (χ0) is 20.4. The smallest absolute Gasteiger partial charge is 0.260 e. The second-order valence-electron chi connectivity index (χ2n) is 6.03. The van der Waals surface area contributed by atoms with Gasteiger partial charge in [-0.05, 0) is 36.7 Å². The summed E-state index contributed by atoms with van der Waals surface area (Å²) in [5.41, 5.74) is 2.45. The number of carbonyl (C=O) groups is 1. The molecule has 0 aliphatic rings. The molecule has 1 aromatic carbocycles. The summed E-state index contributed by atoms with van der Waals surface area (Å²) in [4.78, 5) is 25.5. The zero-order valence-electron chi connectivity index (χ0n) is 15.4. The van der Waals surface area contributed by atoms with Gasteiger partial charge in [0.2, 0.25) is 5.88 Å². The standard InChI is InChI=1S/C19H15FN6O2S/c1-10-17(18(27)23-12-4-6-16(28-2)22-8-12)19(29-26-10)25-15-9-21-13-5-3-11(20)7-14(13)24-15/h3-9H,1-2H3,(H,23,27)(H,24,25). The van der Waals surface area contributed by atoms with Crippen molar-refractivity contribution in [3.8, 4) is 5.88 Å². The molecule has 3 heterocycles. The van der Waals surface area contributed by atoms with Crippen LogP contribution < -0.4 is 15.4 Å². The monoisotopic (exact) mass is 410 g/mol. The Kier molecular flexibility index (Phi) is 5.00. The summed E-state index contributed by atoms with van der Waals surface area (Å²) in [6.07, 6.45) is 3.02. The fraction of sp³-hybridized carbons (Fsp3) is 0.105. The van der Waals surface area contributed by atoms with Crippen LogP contribution in [0.5, 0.6) is 5.88 Å². The van der Waals surface area contributed by atoms with E-state index in [9.17, 15) is 9.18 Å². The van der Waals surface area contributed by atoms with E-state index >= 15 is 0 Å². The van der Waals surface area contributed by atoms with Crippen molar-refractivity contribution in [3.05, 3.63) is 59.8 Å². The third kappa shape index (κ3) is 3.97. The average molecular weight is 410 g/mol. The quantitative estimate of drug-likeness (QED) is 0.514. The number of carbonyl (C=O) groups excluding carboxylic acids is 1. The first kappa shape index (κ1) is 18.7. The molecule has 0 spiro atoms. The van der Waals surface area contributed by atoms with E-state index in [2.05, 4.69) is 30.0 Å². The summed E-state index contributed by atoms with van der Waals surface area (Å²) in [7, 11) is 1.52. The van der Waals surface area contributed by atoms with Crippen molar-refractivity contribution in [1.29, 1.82) is 0 Å². The first-order valence-corrected chi connectivity index (χ1v) is 9.28. The van der Waals surface area contributed by atoms with Gasteiger partial charge in [-0.2, -0.15) is 4.37 Å². The number of aromatic nitrogens is 4. The number of fused-ring (bicyclic) bond motifs is 1. The Morgan fingerprint density at radius 1 is 1.14 bits per heavy atom. The van der Waals surface area contributed by atoms with Gasteiger partial charge in [0, 0.05) is 12.1 Å². The molecule has 4 rings (SSSR count). The molecule has 0 saturated heterocycles. The number of nitrogens with one attached hydrogen (secondary N) is 2. The Balaban J connectivity index is 1.58. The van der Waals surface area contributed by atoms with Crippen LogP contribution in [0.2, 0.25) is 0 Å². The number of nitrogens with zero attached hydrogens (tertiary/aromatic N) is 4. The molecular formula is C19H15FN6O2S. The minimum Gasteiger partial charge on any atom is -0.481 e. The number of halogens is 1. The molecule has 0 bridgehead atoms. The largest absolute Gasteiger partial charge is 0.481 e. The maximum atomic E-state index is 13.5. The Hall–Kier alpha value is -3.66. The molecule has 4 aromatic rings. The van der Waals surface area contributed by atoms with Crippen LogP contribution in [0.4, 0.5) is 20.9 Å². The van der Waals surface area contributed by atoms with Crippen LogP contribution in [0.1, 0.15) is 16.1 Å². The van der Waals surface area contributed by atoms with E-state index in [1.54, 1.807) is 25.1 Å². The lowest BCUT2D eigenvalue weighted by Gasteiger charge is -2.09. The van der Waals surface area contributed by atoms with Crippen molar-refractivity contribution in [2.75, 3.05) is 17.7 Å². The van der Waals surface area contributed by atoms with E-state index < -0.39 is 5.82 Å². The van der Waals surface area contributed by atoms with Gasteiger partial charge in [0.1, 0.15) is 16.6 Å². The Morgan fingerprint density at radius 2 is 2.00 bits per heavy atom. The minimum atomic E-state index is -0.397. The predicted molar refractivity (Wildman–Crippen MR) is 108 cm³/mol. The average Bonchev–Trinajstić information content (AvgIpc) is 3.08. The second-order valence-corrected chi connectivity index (χ2v) is 6.80. The lowest BCUT2D eigenvalue weighted by atomic mass is 10.2. The summed E-state index contributed by atoms with van der Waals surface area (Å²) in [5, 5.41) is 6.34. The van der Waals surface area contributed by atoms with E-state index in [0.29, 0.717) is 44.7 Å². The summed E-state index contributed by atoms with van der Waals surface area (Å²) in [6.45, 7) is 1.74. The van der Waals surface area contributed by atoms with Gasteiger partial charge in [0.05, 0.1) is 47.5 Å². The van der Waals surface area contributed by atoms with Gasteiger partial charge in [-0.1, -0.05) is 0 Å². The van der Waals surface area contributed by atoms with E-state index in [1.807, 2.05) is 0 Å². The highest BCUT2D eigenvalue weighted by Crippen LogP contribution is 2.28. The van der Waals surface area contributed by atoms with Crippen molar-refractivity contribution < 1.29 is 13.9 Å². The summed E-state index contributed by atoms with van der Waals surface area (Å²) < 4.78 is 22.7. The van der Waals surface area contributed by atoms with E-state index in [-0.39, 0.29) is 5.91 Å². The normalized spacial score (nSPS) is 10.7. The van der Waals surface area contributed by atoms with Gasteiger partial charge < -0.3 is 15.4 Å². The second kappa shape index (κ2) is 7.76. The molecule has 10 heteroatoms. The first-order chi connectivity index (χ1) is 14.0. The van der Waals surface area contributed by atoms with E-state index in [4.69, 9.17) is 4.74 Å². The van der Waals surface area contributed by atoms with Gasteiger partial charge in [-0.15, -0.1) is 0 Å². The molecule has 29 heavy (non-hydrogen) atoms. The van der Waals surface area contributed by atoms with Crippen LogP contribution >= 0.6 is 11.5 Å². The predicted octanol–water partition coefficient (Wildman–Crippen LogP) is 3.93. The van der Waals surface area contributed by atoms with Crippen LogP contribution in [0.15, 0.2) is 42.7 Å². The van der Waals surface area contributed by atoms with Crippen molar-refractivity contribution in [1.82, 2.24) is 19.3 Å². The molecule has 146 valence electrons. The fourth-order valence-corrected chi connectivity index (χ4v) is 3.45. The molecule has 0 radical (unpaired) electrons. The molecule has 1 amide bonds. The number of amides is 1. The number of ether oxygens (including phenoxy) is 1. The molecular weight excluding hydrogens is 395 g/mol. The van der Waals surface area contributed by atoms with Crippen molar-refractivity contribution in [2.24, 2.45) is 0 Å². The lowest BCUT2D eigenvalue weighted by Crippen LogP contribution is -2.14. The number of methoxy groups -OCH3 is 1. The van der Waals surface area contributed by atoms with Crippen LogP contribution in [0.25, 0.3) is 11.0 Å². The van der Waals surface area contributed by atoms with Gasteiger partial charge in [0.15, 0.2) is 0 Å². The minimum absolute atomic E-state index is 0.342. The van der Waals surface area contributed by atoms with Crippen LogP contribution in [0, 0.1) is 12.7 Å². The SMILES string of the molecule is COc1ccc(NC(=O)c2c(C)nsc2Nc2cnc3ccc(F)cc3n2)cn1. The van der Waals surface area contributed by atoms with Gasteiger partial charge in [-0.25, -0.2) is 14.4 Å². The summed E-state index contributed by atoms with van der Waals surface area (Å²) in [6, 6.07) is 7.52. The number of aryl methyl sites for hydroxylation is 1. The highest BCUT2D eigenvalue weighted by Gasteiger charge is 2.19. The van der Waals surface area contributed by atoms with Crippen LogP contribution in [-0.2, 0) is 0 Å². The van der Waals surface area contributed by atoms with Crippen molar-refractivity contribution in [2.45, 2.75) is 6.92 Å². The van der Waals surface area contributed by atoms with Crippen LogP contribution in [-0.4, -0.2) is 32.3 Å². The van der Waals surface area contributed by atoms with Gasteiger partial charge in [-0.3, -0.25) is 9.78 Å². The molecule has 0 aliphatic carbocycles. The first-order valence-electron chi connectivity index (χ1n) is 8.50. The van der Waals surface area contributed by atoms with Crippen LogP contribution in [0.3, 0.4) is 0 Å². The van der Waals surface area contributed by atoms with Gasteiger partial charge >= 0.3 is 0 Å². The fourth-order valence-electron chi connectivity index (χ4n) is 2.65.